The molecule has 3 heterocycles. The van der Waals surface area contributed by atoms with Gasteiger partial charge in [-0.1, -0.05) is 0 Å². The minimum absolute atomic E-state index is 0.0339. The Morgan fingerprint density at radius 1 is 1.21 bits per heavy atom. The van der Waals surface area contributed by atoms with E-state index in [4.69, 9.17) is 19.4 Å². The minimum atomic E-state index is -0.239. The van der Waals surface area contributed by atoms with Crippen molar-refractivity contribution in [2.24, 2.45) is 0 Å². The van der Waals surface area contributed by atoms with Crippen LogP contribution in [0.5, 0.6) is 0 Å². The van der Waals surface area contributed by atoms with Crippen LogP contribution < -0.4 is 15.5 Å². The van der Waals surface area contributed by atoms with Crippen molar-refractivity contribution in [3.8, 4) is 11.4 Å². The van der Waals surface area contributed by atoms with E-state index in [-0.39, 0.29) is 24.6 Å². The van der Waals surface area contributed by atoms with Crippen LogP contribution in [0.3, 0.4) is 0 Å². The second-order valence-corrected chi connectivity index (χ2v) is 8.47. The van der Waals surface area contributed by atoms with Crippen LogP contribution in [0.15, 0.2) is 24.3 Å². The lowest BCUT2D eigenvalue weighted by atomic mass is 10.0. The summed E-state index contributed by atoms with van der Waals surface area (Å²) in [6.45, 7) is 7.66. The van der Waals surface area contributed by atoms with Crippen molar-refractivity contribution >= 4 is 23.4 Å². The molecule has 1 atom stereocenters. The molecule has 2 N–H and O–H groups in total. The molecule has 2 aliphatic rings. The monoisotopic (exact) mass is 468 g/mol. The Balaban J connectivity index is 1.67. The third-order valence-electron chi connectivity index (χ3n) is 6.04. The van der Waals surface area contributed by atoms with Gasteiger partial charge in [0.2, 0.25) is 5.91 Å². The van der Waals surface area contributed by atoms with E-state index in [0.717, 1.165) is 29.2 Å². The van der Waals surface area contributed by atoms with Gasteiger partial charge < -0.3 is 29.9 Å². The van der Waals surface area contributed by atoms with Crippen LogP contribution in [-0.4, -0.2) is 79.4 Å². The molecule has 0 radical (unpaired) electrons. The maximum atomic E-state index is 12.5. The zero-order chi connectivity index (χ0) is 24.1. The number of rotatable bonds is 6. The van der Waals surface area contributed by atoms with E-state index in [0.29, 0.717) is 50.8 Å². The molecule has 2 aromatic rings. The number of carbonyl (C=O) groups is 2. The number of hydrogen-bond donors (Lipinski definition) is 2. The van der Waals surface area contributed by atoms with Gasteiger partial charge in [0.1, 0.15) is 12.4 Å². The number of carbonyl (C=O) groups excluding carboxylic acids is 2. The van der Waals surface area contributed by atoms with E-state index >= 15 is 0 Å². The fraction of sp³-hybridized carbons (Fsp3) is 0.500. The van der Waals surface area contributed by atoms with E-state index in [1.54, 1.807) is 0 Å². The second kappa shape index (κ2) is 10.8. The van der Waals surface area contributed by atoms with Crippen LogP contribution >= 0.6 is 0 Å². The van der Waals surface area contributed by atoms with E-state index in [2.05, 4.69) is 22.5 Å². The third kappa shape index (κ3) is 5.28. The molecule has 10 heteroatoms. The van der Waals surface area contributed by atoms with Crippen LogP contribution in [0, 0.1) is 0 Å². The Bertz CT molecular complexity index is 1030. The molecular weight excluding hydrogens is 436 g/mol. The van der Waals surface area contributed by atoms with E-state index in [9.17, 15) is 9.59 Å². The molecule has 2 aliphatic heterocycles. The topological polar surface area (TPSA) is 109 Å². The number of urea groups is 1. The Hall–Kier alpha value is -3.24. The highest BCUT2D eigenvalue weighted by atomic mass is 16.5. The summed E-state index contributed by atoms with van der Waals surface area (Å²) in [4.78, 5) is 38.2. The SMILES string of the molecule is CCNC(=O)Nc1ccc(-c2nc3c(c(N4CCOCC4C)n2)CN(C(=O)COC)CC3)cc1. The fourth-order valence-electron chi connectivity index (χ4n) is 4.27. The Morgan fingerprint density at radius 2 is 2.00 bits per heavy atom. The fourth-order valence-corrected chi connectivity index (χ4v) is 4.27. The van der Waals surface area contributed by atoms with Crippen LogP contribution in [0.1, 0.15) is 25.1 Å². The van der Waals surface area contributed by atoms with Crippen LogP contribution in [-0.2, 0) is 27.2 Å². The first kappa shape index (κ1) is 23.9. The van der Waals surface area contributed by atoms with Crippen molar-refractivity contribution in [2.45, 2.75) is 32.9 Å². The van der Waals surface area contributed by atoms with Crippen LogP contribution in [0.4, 0.5) is 16.3 Å². The van der Waals surface area contributed by atoms with Gasteiger partial charge in [0, 0.05) is 50.0 Å². The molecule has 0 bridgehead atoms. The Labute approximate surface area is 199 Å². The maximum absolute atomic E-state index is 12.5. The molecule has 3 amide bonds. The van der Waals surface area contributed by atoms with Crippen molar-refractivity contribution in [3.05, 3.63) is 35.5 Å². The molecule has 34 heavy (non-hydrogen) atoms. The number of nitrogens with one attached hydrogen (secondary N) is 2. The lowest BCUT2D eigenvalue weighted by Crippen LogP contribution is -2.46. The highest BCUT2D eigenvalue weighted by molar-refractivity contribution is 5.89. The molecule has 1 aromatic heterocycles. The maximum Gasteiger partial charge on any atom is 0.319 e. The van der Waals surface area contributed by atoms with Crippen LogP contribution in [0.2, 0.25) is 0 Å². The van der Waals surface area contributed by atoms with Gasteiger partial charge in [-0.05, 0) is 38.1 Å². The minimum Gasteiger partial charge on any atom is -0.377 e. The van der Waals surface area contributed by atoms with Crippen molar-refractivity contribution in [3.63, 3.8) is 0 Å². The Kier molecular flexibility index (Phi) is 7.59. The molecule has 0 aliphatic carbocycles. The van der Waals surface area contributed by atoms with Gasteiger partial charge >= 0.3 is 6.03 Å². The predicted octanol–water partition coefficient (Wildman–Crippen LogP) is 2.04. The number of methoxy groups -OCH3 is 1. The summed E-state index contributed by atoms with van der Waals surface area (Å²) >= 11 is 0. The van der Waals surface area contributed by atoms with Crippen molar-refractivity contribution < 1.29 is 19.1 Å². The van der Waals surface area contributed by atoms with Crippen LogP contribution in [0.25, 0.3) is 11.4 Å². The number of benzene rings is 1. The number of ether oxygens (including phenoxy) is 2. The summed E-state index contributed by atoms with van der Waals surface area (Å²) in [6.07, 6.45) is 0.656. The second-order valence-electron chi connectivity index (χ2n) is 8.47. The number of aromatic nitrogens is 2. The summed E-state index contributed by atoms with van der Waals surface area (Å²) < 4.78 is 10.7. The number of hydrogen-bond acceptors (Lipinski definition) is 7. The number of nitrogens with zero attached hydrogens (tertiary/aromatic N) is 4. The number of morpholine rings is 1. The summed E-state index contributed by atoms with van der Waals surface area (Å²) in [5, 5.41) is 5.52. The van der Waals surface area contributed by atoms with Gasteiger partial charge in [0.25, 0.3) is 0 Å². The van der Waals surface area contributed by atoms with Gasteiger partial charge in [0.05, 0.1) is 31.5 Å². The molecule has 4 rings (SSSR count). The molecule has 1 aromatic carbocycles. The lowest BCUT2D eigenvalue weighted by Gasteiger charge is -2.38. The van der Waals surface area contributed by atoms with Gasteiger partial charge in [-0.2, -0.15) is 0 Å². The summed E-state index contributed by atoms with van der Waals surface area (Å²) in [5.41, 5.74) is 3.51. The molecule has 10 nitrogen and oxygen atoms in total. The van der Waals surface area contributed by atoms with E-state index in [1.165, 1.54) is 7.11 Å². The molecule has 182 valence electrons. The lowest BCUT2D eigenvalue weighted by molar-refractivity contribution is -0.136. The average molecular weight is 469 g/mol. The quantitative estimate of drug-likeness (QED) is 0.668. The van der Waals surface area contributed by atoms with Gasteiger partial charge in [-0.15, -0.1) is 0 Å². The normalized spacial score (nSPS) is 17.8. The van der Waals surface area contributed by atoms with E-state index < -0.39 is 0 Å². The molecule has 1 unspecified atom stereocenters. The highest BCUT2D eigenvalue weighted by Gasteiger charge is 2.30. The molecule has 0 saturated carbocycles. The van der Waals surface area contributed by atoms with Gasteiger partial charge in [0.15, 0.2) is 5.82 Å². The molecule has 0 spiro atoms. The first-order chi connectivity index (χ1) is 16.5. The zero-order valence-electron chi connectivity index (χ0n) is 20.0. The smallest absolute Gasteiger partial charge is 0.319 e. The summed E-state index contributed by atoms with van der Waals surface area (Å²) in [5.74, 6) is 1.46. The number of fused-ring (bicyclic) bond motifs is 1. The molecular formula is C24H32N6O4. The Morgan fingerprint density at radius 3 is 2.71 bits per heavy atom. The summed E-state index contributed by atoms with van der Waals surface area (Å²) in [7, 11) is 1.53. The van der Waals surface area contributed by atoms with E-state index in [1.807, 2.05) is 36.1 Å². The predicted molar refractivity (Wildman–Crippen MR) is 129 cm³/mol. The first-order valence-electron chi connectivity index (χ1n) is 11.7. The number of anilines is 2. The zero-order valence-corrected chi connectivity index (χ0v) is 20.0. The number of amides is 3. The third-order valence-corrected chi connectivity index (χ3v) is 6.04. The summed E-state index contributed by atoms with van der Waals surface area (Å²) in [6, 6.07) is 7.43. The standard InChI is InChI=1S/C24H32N6O4/c1-4-25-24(32)26-18-7-5-17(6-8-18)22-27-20-9-10-29(21(31)15-33-3)13-19(20)23(28-22)30-11-12-34-14-16(30)2/h5-8,16H,4,9-15H2,1-3H3,(H2,25,26,32). The van der Waals surface area contributed by atoms with Crippen molar-refractivity contribution in [1.82, 2.24) is 20.2 Å². The first-order valence-corrected chi connectivity index (χ1v) is 11.7. The highest BCUT2D eigenvalue weighted by Crippen LogP contribution is 2.32. The largest absolute Gasteiger partial charge is 0.377 e. The van der Waals surface area contributed by atoms with Crippen molar-refractivity contribution in [2.75, 3.05) is 56.8 Å². The average Bonchev–Trinajstić information content (AvgIpc) is 2.84. The van der Waals surface area contributed by atoms with Gasteiger partial charge in [-0.3, -0.25) is 4.79 Å². The van der Waals surface area contributed by atoms with Gasteiger partial charge in [-0.25, -0.2) is 14.8 Å². The molecule has 1 saturated heterocycles. The molecule has 1 fully saturated rings. The van der Waals surface area contributed by atoms with Crippen molar-refractivity contribution in [1.29, 1.82) is 0 Å².